The lowest BCUT2D eigenvalue weighted by molar-refractivity contribution is 0.102. The summed E-state index contributed by atoms with van der Waals surface area (Å²) in [6.45, 7) is 1.96. The highest BCUT2D eigenvalue weighted by Crippen LogP contribution is 2.26. The summed E-state index contributed by atoms with van der Waals surface area (Å²) in [6, 6.07) is 13.2. The summed E-state index contributed by atoms with van der Waals surface area (Å²) >= 11 is 0. The second-order valence-corrected chi connectivity index (χ2v) is 5.69. The van der Waals surface area contributed by atoms with Gasteiger partial charge in [0.25, 0.3) is 5.91 Å². The predicted molar refractivity (Wildman–Crippen MR) is 102 cm³/mol. The fourth-order valence-corrected chi connectivity index (χ4v) is 2.83. The van der Waals surface area contributed by atoms with E-state index in [1.807, 2.05) is 42.5 Å². The van der Waals surface area contributed by atoms with Crippen LogP contribution in [0.5, 0.6) is 5.75 Å². The van der Waals surface area contributed by atoms with Crippen LogP contribution in [-0.4, -0.2) is 32.8 Å². The minimum Gasteiger partial charge on any atom is -0.491 e. The Labute approximate surface area is 154 Å². The Balaban J connectivity index is 0.00000225. The highest BCUT2D eigenvalue weighted by Gasteiger charge is 2.17. The van der Waals surface area contributed by atoms with Crippen molar-refractivity contribution in [2.24, 2.45) is 0 Å². The van der Waals surface area contributed by atoms with Gasteiger partial charge in [0.2, 0.25) is 0 Å². The Kier molecular flexibility index (Phi) is 7.10. The molecule has 1 amide bonds. The first-order valence-corrected chi connectivity index (χ1v) is 8.17. The maximum atomic E-state index is 12.7. The maximum absolute atomic E-state index is 12.7. The monoisotopic (exact) mass is 362 g/mol. The van der Waals surface area contributed by atoms with Crippen molar-refractivity contribution < 1.29 is 14.3 Å². The molecule has 2 aromatic rings. The van der Waals surface area contributed by atoms with Crippen molar-refractivity contribution in [3.8, 4) is 5.75 Å². The molecule has 0 bridgehead atoms. The van der Waals surface area contributed by atoms with Crippen LogP contribution in [0.2, 0.25) is 0 Å². The Morgan fingerprint density at radius 2 is 2.04 bits per heavy atom. The molecular weight excluding hydrogens is 340 g/mol. The minimum atomic E-state index is -0.0930. The van der Waals surface area contributed by atoms with Crippen molar-refractivity contribution in [3.63, 3.8) is 0 Å². The van der Waals surface area contributed by atoms with E-state index in [4.69, 9.17) is 9.47 Å². The van der Waals surface area contributed by atoms with Crippen LogP contribution in [0.3, 0.4) is 0 Å². The largest absolute Gasteiger partial charge is 0.491 e. The van der Waals surface area contributed by atoms with E-state index in [0.29, 0.717) is 19.0 Å². The van der Waals surface area contributed by atoms with E-state index in [-0.39, 0.29) is 18.3 Å². The number of nitrogens with one attached hydrogen (secondary N) is 2. The van der Waals surface area contributed by atoms with Crippen LogP contribution in [0.4, 0.5) is 11.4 Å². The summed E-state index contributed by atoms with van der Waals surface area (Å²) in [7, 11) is 1.63. The smallest absolute Gasteiger partial charge is 0.256 e. The third kappa shape index (κ3) is 4.87. The molecule has 134 valence electrons. The molecule has 3 rings (SSSR count). The number of hydrogen-bond donors (Lipinski definition) is 2. The summed E-state index contributed by atoms with van der Waals surface area (Å²) in [6.07, 6.45) is 1.96. The van der Waals surface area contributed by atoms with Crippen LogP contribution in [0.1, 0.15) is 22.3 Å². The van der Waals surface area contributed by atoms with E-state index in [2.05, 4.69) is 10.6 Å². The van der Waals surface area contributed by atoms with Gasteiger partial charge in [0, 0.05) is 36.7 Å². The standard InChI is InChI=1S/C19H22N2O3.ClH/c1-23-11-12-24-15-6-2-5-14(13-15)21-19(22)17-7-3-9-18-16(17)8-4-10-20-18;/h2-3,5-7,9,13,20H,4,8,10-12H2,1H3,(H,21,22);1H. The first kappa shape index (κ1) is 19.1. The van der Waals surface area contributed by atoms with Crippen molar-refractivity contribution in [3.05, 3.63) is 53.6 Å². The van der Waals surface area contributed by atoms with Crippen LogP contribution >= 0.6 is 12.4 Å². The van der Waals surface area contributed by atoms with Crippen LogP contribution in [0, 0.1) is 0 Å². The van der Waals surface area contributed by atoms with E-state index in [0.717, 1.165) is 41.9 Å². The van der Waals surface area contributed by atoms with E-state index in [9.17, 15) is 4.79 Å². The molecule has 0 saturated carbocycles. The predicted octanol–water partition coefficient (Wildman–Crippen LogP) is 3.74. The molecule has 1 aliphatic rings. The molecule has 1 heterocycles. The quantitative estimate of drug-likeness (QED) is 0.768. The van der Waals surface area contributed by atoms with Crippen molar-refractivity contribution in [2.45, 2.75) is 12.8 Å². The number of amides is 1. The number of carbonyl (C=O) groups is 1. The Morgan fingerprint density at radius 1 is 1.20 bits per heavy atom. The SMILES string of the molecule is COCCOc1cccc(NC(=O)c2cccc3c2CCCN3)c1.Cl. The zero-order valence-electron chi connectivity index (χ0n) is 14.2. The molecule has 0 unspecified atom stereocenters. The Bertz CT molecular complexity index is 722. The number of hydrogen-bond acceptors (Lipinski definition) is 4. The number of benzene rings is 2. The lowest BCUT2D eigenvalue weighted by atomic mass is 9.97. The highest BCUT2D eigenvalue weighted by molar-refractivity contribution is 6.06. The molecule has 0 atom stereocenters. The van der Waals surface area contributed by atoms with Crippen LogP contribution in [0.25, 0.3) is 0 Å². The molecule has 2 N–H and O–H groups in total. The second-order valence-electron chi connectivity index (χ2n) is 5.69. The van der Waals surface area contributed by atoms with Gasteiger partial charge in [0.05, 0.1) is 6.61 Å². The van der Waals surface area contributed by atoms with Crippen molar-refractivity contribution in [1.29, 1.82) is 0 Å². The summed E-state index contributed by atoms with van der Waals surface area (Å²) in [5.41, 5.74) is 3.60. The fourth-order valence-electron chi connectivity index (χ4n) is 2.83. The van der Waals surface area contributed by atoms with Crippen LogP contribution in [-0.2, 0) is 11.2 Å². The summed E-state index contributed by atoms with van der Waals surface area (Å²) in [4.78, 5) is 12.7. The van der Waals surface area contributed by atoms with Crippen molar-refractivity contribution in [2.75, 3.05) is 37.5 Å². The fraction of sp³-hybridized carbons (Fsp3) is 0.316. The molecule has 0 aromatic heterocycles. The normalized spacial score (nSPS) is 12.4. The van der Waals surface area contributed by atoms with E-state index in [1.54, 1.807) is 7.11 Å². The number of anilines is 2. The number of carbonyl (C=O) groups excluding carboxylic acids is 1. The Hall–Kier alpha value is -2.24. The molecule has 0 spiro atoms. The highest BCUT2D eigenvalue weighted by atomic mass is 35.5. The van der Waals surface area contributed by atoms with Gasteiger partial charge < -0.3 is 20.1 Å². The summed E-state index contributed by atoms with van der Waals surface area (Å²) < 4.78 is 10.5. The third-order valence-corrected chi connectivity index (χ3v) is 3.99. The van der Waals surface area contributed by atoms with E-state index in [1.165, 1.54) is 0 Å². The van der Waals surface area contributed by atoms with Gasteiger partial charge >= 0.3 is 0 Å². The van der Waals surface area contributed by atoms with Gasteiger partial charge in [-0.2, -0.15) is 0 Å². The molecule has 25 heavy (non-hydrogen) atoms. The first-order chi connectivity index (χ1) is 11.8. The third-order valence-electron chi connectivity index (χ3n) is 3.99. The van der Waals surface area contributed by atoms with Gasteiger partial charge in [-0.3, -0.25) is 4.79 Å². The minimum absolute atomic E-state index is 0. The lowest BCUT2D eigenvalue weighted by Crippen LogP contribution is -2.19. The molecule has 6 heteroatoms. The van der Waals surface area contributed by atoms with Gasteiger partial charge in [-0.15, -0.1) is 12.4 Å². The number of fused-ring (bicyclic) bond motifs is 1. The number of rotatable bonds is 6. The van der Waals surface area contributed by atoms with Crippen LogP contribution < -0.4 is 15.4 Å². The van der Waals surface area contributed by atoms with Gasteiger partial charge in [0.1, 0.15) is 12.4 Å². The molecule has 0 saturated heterocycles. The average molecular weight is 363 g/mol. The van der Waals surface area contributed by atoms with Gasteiger partial charge in [-0.05, 0) is 42.7 Å². The lowest BCUT2D eigenvalue weighted by Gasteiger charge is -2.20. The molecule has 2 aromatic carbocycles. The molecular formula is C19H23ClN2O3. The van der Waals surface area contributed by atoms with Gasteiger partial charge in [-0.1, -0.05) is 12.1 Å². The van der Waals surface area contributed by atoms with Crippen LogP contribution in [0.15, 0.2) is 42.5 Å². The maximum Gasteiger partial charge on any atom is 0.256 e. The summed E-state index contributed by atoms with van der Waals surface area (Å²) in [5, 5.41) is 6.31. The van der Waals surface area contributed by atoms with Gasteiger partial charge in [-0.25, -0.2) is 0 Å². The zero-order valence-corrected chi connectivity index (χ0v) is 15.0. The molecule has 0 radical (unpaired) electrons. The first-order valence-electron chi connectivity index (χ1n) is 8.17. The average Bonchev–Trinajstić information content (AvgIpc) is 2.62. The molecule has 5 nitrogen and oxygen atoms in total. The summed E-state index contributed by atoms with van der Waals surface area (Å²) in [5.74, 6) is 0.617. The molecule has 1 aliphatic heterocycles. The second kappa shape index (κ2) is 9.30. The topological polar surface area (TPSA) is 59.6 Å². The number of methoxy groups -OCH3 is 1. The molecule has 0 aliphatic carbocycles. The number of halogens is 1. The molecule has 0 fully saturated rings. The zero-order chi connectivity index (χ0) is 16.8. The van der Waals surface area contributed by atoms with E-state index < -0.39 is 0 Å². The van der Waals surface area contributed by atoms with E-state index >= 15 is 0 Å². The van der Waals surface area contributed by atoms with Gasteiger partial charge in [0.15, 0.2) is 0 Å². The van der Waals surface area contributed by atoms with Crippen molar-refractivity contribution in [1.82, 2.24) is 0 Å². The van der Waals surface area contributed by atoms with Crippen molar-refractivity contribution >= 4 is 29.7 Å². The Morgan fingerprint density at radius 3 is 2.88 bits per heavy atom. The number of ether oxygens (including phenoxy) is 2.